The Hall–Kier alpha value is -0.600. The molecular formula is C8H10NO. The first-order chi connectivity index (χ1) is 4.97. The molecule has 0 unspecified atom stereocenters. The monoisotopic (exact) mass is 136 g/mol. The third-order valence-electron chi connectivity index (χ3n) is 1.91. The molecule has 0 spiro atoms. The zero-order valence-electron chi connectivity index (χ0n) is 5.84. The highest BCUT2D eigenvalue weighted by molar-refractivity contribution is 5.35. The molecule has 2 aliphatic rings. The fourth-order valence-corrected chi connectivity index (χ4v) is 1.33. The molecule has 0 aromatic heterocycles. The number of allylic oxidation sites excluding steroid dienone is 2. The summed E-state index contributed by atoms with van der Waals surface area (Å²) in [7, 11) is 0. The van der Waals surface area contributed by atoms with Crippen LogP contribution < -0.4 is 5.48 Å². The van der Waals surface area contributed by atoms with E-state index in [1.54, 1.807) is 0 Å². The number of rotatable bonds is 0. The zero-order chi connectivity index (χ0) is 6.81. The van der Waals surface area contributed by atoms with E-state index in [-0.39, 0.29) is 0 Å². The van der Waals surface area contributed by atoms with E-state index >= 15 is 0 Å². The molecule has 1 saturated heterocycles. The zero-order valence-corrected chi connectivity index (χ0v) is 5.84. The Morgan fingerprint density at radius 2 is 2.00 bits per heavy atom. The topological polar surface area (TPSA) is 23.3 Å². The Balaban J connectivity index is 2.19. The van der Waals surface area contributed by atoms with Gasteiger partial charge in [0.25, 0.3) is 0 Å². The average Bonchev–Trinajstić information content (AvgIpc) is 2.05. The van der Waals surface area contributed by atoms with Crippen molar-refractivity contribution in [2.45, 2.75) is 12.8 Å². The highest BCUT2D eigenvalue weighted by atomic mass is 16.6. The van der Waals surface area contributed by atoms with Crippen LogP contribution in [0.1, 0.15) is 12.8 Å². The lowest BCUT2D eigenvalue weighted by molar-refractivity contribution is 0.0432. The quantitative estimate of drug-likeness (QED) is 0.490. The molecule has 0 atom stereocenters. The van der Waals surface area contributed by atoms with Crippen molar-refractivity contribution in [3.05, 3.63) is 23.3 Å². The summed E-state index contributed by atoms with van der Waals surface area (Å²) >= 11 is 0. The molecule has 0 amide bonds. The lowest BCUT2D eigenvalue weighted by atomic mass is 9.98. The van der Waals surface area contributed by atoms with Crippen molar-refractivity contribution >= 4 is 0 Å². The molecule has 2 rings (SSSR count). The predicted octanol–water partition coefficient (Wildman–Crippen LogP) is 1.18. The maximum absolute atomic E-state index is 4.95. The molecule has 2 heteroatoms. The van der Waals surface area contributed by atoms with Gasteiger partial charge >= 0.3 is 0 Å². The van der Waals surface area contributed by atoms with Crippen LogP contribution in [0.2, 0.25) is 0 Å². The highest BCUT2D eigenvalue weighted by Crippen LogP contribution is 2.20. The van der Waals surface area contributed by atoms with Crippen molar-refractivity contribution in [3.8, 4) is 0 Å². The first-order valence-corrected chi connectivity index (χ1v) is 3.64. The molecule has 1 radical (unpaired) electrons. The van der Waals surface area contributed by atoms with Crippen molar-refractivity contribution in [1.82, 2.24) is 5.48 Å². The van der Waals surface area contributed by atoms with Crippen LogP contribution in [-0.4, -0.2) is 13.2 Å². The van der Waals surface area contributed by atoms with Gasteiger partial charge < -0.3 is 0 Å². The summed E-state index contributed by atoms with van der Waals surface area (Å²) in [4.78, 5) is 4.95. The van der Waals surface area contributed by atoms with Gasteiger partial charge in [-0.15, -0.1) is 0 Å². The Morgan fingerprint density at radius 3 is 2.80 bits per heavy atom. The van der Waals surface area contributed by atoms with Crippen LogP contribution >= 0.6 is 0 Å². The normalized spacial score (nSPS) is 24.8. The highest BCUT2D eigenvalue weighted by Gasteiger charge is 2.13. The number of nitrogens with zero attached hydrogens (tertiary/aromatic N) is 1. The minimum atomic E-state index is 0.686. The molecule has 1 heterocycles. The van der Waals surface area contributed by atoms with Gasteiger partial charge in [-0.05, 0) is 24.0 Å². The van der Waals surface area contributed by atoms with Crippen molar-refractivity contribution in [3.63, 3.8) is 0 Å². The third kappa shape index (κ3) is 1.00. The van der Waals surface area contributed by atoms with E-state index in [0.717, 1.165) is 6.54 Å². The molecule has 2 nitrogen and oxygen atoms in total. The Morgan fingerprint density at radius 1 is 1.20 bits per heavy atom. The van der Waals surface area contributed by atoms with E-state index in [1.807, 2.05) is 0 Å². The van der Waals surface area contributed by atoms with Crippen molar-refractivity contribution < 1.29 is 4.84 Å². The molecule has 1 aliphatic carbocycles. The van der Waals surface area contributed by atoms with E-state index in [9.17, 15) is 0 Å². The second-order valence-electron chi connectivity index (χ2n) is 2.60. The van der Waals surface area contributed by atoms with Crippen LogP contribution in [0.4, 0.5) is 0 Å². The molecule has 53 valence electrons. The summed E-state index contributed by atoms with van der Waals surface area (Å²) in [6, 6.07) is 0. The maximum atomic E-state index is 4.95. The lowest BCUT2D eigenvalue weighted by Gasteiger charge is -2.20. The van der Waals surface area contributed by atoms with Crippen LogP contribution in [0.25, 0.3) is 0 Å². The standard InChI is InChI=1S/C8H10NO/c1-2-4-8-6-10-9-5-7(8)3-1/h3-4H,1-2,5-6H2. The SMILES string of the molecule is C1=C2C[N]OCC2=CCC1. The molecule has 0 aromatic carbocycles. The van der Waals surface area contributed by atoms with Gasteiger partial charge in [0.1, 0.15) is 0 Å². The van der Waals surface area contributed by atoms with Gasteiger partial charge in [0.05, 0.1) is 13.2 Å². The second kappa shape index (κ2) is 2.56. The van der Waals surface area contributed by atoms with E-state index in [4.69, 9.17) is 4.84 Å². The summed E-state index contributed by atoms with van der Waals surface area (Å²) in [6.07, 6.45) is 6.86. The molecule has 0 aromatic rings. The fourth-order valence-electron chi connectivity index (χ4n) is 1.33. The van der Waals surface area contributed by atoms with Gasteiger partial charge in [0, 0.05) is 0 Å². The van der Waals surface area contributed by atoms with Crippen LogP contribution in [0.3, 0.4) is 0 Å². The minimum absolute atomic E-state index is 0.686. The molecular weight excluding hydrogens is 126 g/mol. The molecule has 0 saturated carbocycles. The summed E-state index contributed by atoms with van der Waals surface area (Å²) in [5.41, 5.74) is 6.57. The smallest absolute Gasteiger partial charge is 0.0953 e. The molecule has 1 fully saturated rings. The van der Waals surface area contributed by atoms with E-state index in [0.29, 0.717) is 6.61 Å². The van der Waals surface area contributed by atoms with Crippen LogP contribution in [-0.2, 0) is 4.84 Å². The van der Waals surface area contributed by atoms with Gasteiger partial charge in [0.15, 0.2) is 0 Å². The van der Waals surface area contributed by atoms with E-state index < -0.39 is 0 Å². The van der Waals surface area contributed by atoms with E-state index in [2.05, 4.69) is 17.6 Å². The molecule has 10 heavy (non-hydrogen) atoms. The average molecular weight is 136 g/mol. The largest absolute Gasteiger partial charge is 0.277 e. The third-order valence-corrected chi connectivity index (χ3v) is 1.91. The number of hydrogen-bond acceptors (Lipinski definition) is 1. The summed E-state index contributed by atoms with van der Waals surface area (Å²) in [5.74, 6) is 0. The van der Waals surface area contributed by atoms with Gasteiger partial charge in [-0.25, -0.2) is 0 Å². The van der Waals surface area contributed by atoms with Gasteiger partial charge in [0.2, 0.25) is 0 Å². The second-order valence-corrected chi connectivity index (χ2v) is 2.60. The Bertz CT molecular complexity index is 171. The maximum Gasteiger partial charge on any atom is 0.0953 e. The molecule has 0 bridgehead atoms. The minimum Gasteiger partial charge on any atom is -0.277 e. The van der Waals surface area contributed by atoms with Crippen LogP contribution in [0.15, 0.2) is 23.3 Å². The predicted molar refractivity (Wildman–Crippen MR) is 38.4 cm³/mol. The lowest BCUT2D eigenvalue weighted by Crippen LogP contribution is -2.22. The number of hydrogen-bond donors (Lipinski definition) is 0. The molecule has 0 N–H and O–H groups in total. The fraction of sp³-hybridized carbons (Fsp3) is 0.500. The summed E-state index contributed by atoms with van der Waals surface area (Å²) in [6.45, 7) is 1.44. The van der Waals surface area contributed by atoms with Gasteiger partial charge in [-0.2, -0.15) is 0 Å². The van der Waals surface area contributed by atoms with Crippen LogP contribution in [0, 0.1) is 0 Å². The van der Waals surface area contributed by atoms with Gasteiger partial charge in [-0.1, -0.05) is 17.6 Å². The Labute approximate surface area is 60.5 Å². The summed E-state index contributed by atoms with van der Waals surface area (Å²) in [5, 5.41) is 0. The van der Waals surface area contributed by atoms with Crippen molar-refractivity contribution in [2.75, 3.05) is 13.2 Å². The van der Waals surface area contributed by atoms with Crippen LogP contribution in [0.5, 0.6) is 0 Å². The van der Waals surface area contributed by atoms with Crippen molar-refractivity contribution in [1.29, 1.82) is 0 Å². The first kappa shape index (κ1) is 6.13. The number of hydroxylamine groups is 1. The number of fused-ring (bicyclic) bond motifs is 1. The first-order valence-electron chi connectivity index (χ1n) is 3.64. The van der Waals surface area contributed by atoms with Gasteiger partial charge in [-0.3, -0.25) is 4.84 Å². The summed E-state index contributed by atoms with van der Waals surface area (Å²) < 4.78 is 0. The Kier molecular flexibility index (Phi) is 1.57. The van der Waals surface area contributed by atoms with Crippen molar-refractivity contribution in [2.24, 2.45) is 0 Å². The van der Waals surface area contributed by atoms with E-state index in [1.165, 1.54) is 24.0 Å². The molecule has 1 aliphatic heterocycles.